The summed E-state index contributed by atoms with van der Waals surface area (Å²) in [6.45, 7) is 2.04. The summed E-state index contributed by atoms with van der Waals surface area (Å²) in [5.74, 6) is 0.860. The first-order valence-electron chi connectivity index (χ1n) is 13.5. The number of likely N-dealkylation sites (tertiary alicyclic amines) is 1. The van der Waals surface area contributed by atoms with E-state index in [1.807, 2.05) is 78.2 Å². The smallest absolute Gasteiger partial charge is 0.234 e. The van der Waals surface area contributed by atoms with E-state index in [1.165, 1.54) is 0 Å². The van der Waals surface area contributed by atoms with Crippen LogP contribution in [0.2, 0.25) is 0 Å². The minimum Gasteiger partial charge on any atom is -0.366 e. The van der Waals surface area contributed by atoms with Crippen LogP contribution in [0.3, 0.4) is 0 Å². The van der Waals surface area contributed by atoms with Crippen molar-refractivity contribution in [1.82, 2.24) is 24.5 Å². The second-order valence-corrected chi connectivity index (χ2v) is 10.2. The molecule has 3 aromatic heterocycles. The lowest BCUT2D eigenvalue weighted by Gasteiger charge is -2.35. The Kier molecular flexibility index (Phi) is 7.08. The van der Waals surface area contributed by atoms with Crippen LogP contribution in [0.5, 0.6) is 0 Å². The quantitative estimate of drug-likeness (QED) is 0.337. The number of piperidine rings is 1. The van der Waals surface area contributed by atoms with E-state index in [2.05, 4.69) is 45.7 Å². The molecular weight excluding hydrogens is 483 g/mol. The molecule has 6 rings (SSSR count). The molecule has 8 heteroatoms. The van der Waals surface area contributed by atoms with Crippen LogP contribution in [0.25, 0.3) is 5.65 Å². The van der Waals surface area contributed by atoms with Crippen molar-refractivity contribution in [3.05, 3.63) is 120 Å². The van der Waals surface area contributed by atoms with Gasteiger partial charge in [0.2, 0.25) is 5.91 Å². The van der Waals surface area contributed by atoms with Gasteiger partial charge < -0.3 is 10.2 Å². The molecule has 1 N–H and O–H groups in total. The number of anilines is 1. The van der Waals surface area contributed by atoms with Crippen molar-refractivity contribution in [2.45, 2.75) is 31.2 Å². The van der Waals surface area contributed by atoms with Gasteiger partial charge >= 0.3 is 0 Å². The van der Waals surface area contributed by atoms with Gasteiger partial charge in [-0.3, -0.25) is 9.78 Å². The normalized spacial score (nSPS) is 15.5. The highest BCUT2D eigenvalue weighted by Crippen LogP contribution is 2.32. The summed E-state index contributed by atoms with van der Waals surface area (Å²) in [4.78, 5) is 25.4. The summed E-state index contributed by atoms with van der Waals surface area (Å²) in [5, 5.41) is 8.09. The molecule has 2 aromatic carbocycles. The molecule has 0 spiro atoms. The topological polar surface area (TPSA) is 75.4 Å². The van der Waals surface area contributed by atoms with Gasteiger partial charge in [0, 0.05) is 50.2 Å². The summed E-state index contributed by atoms with van der Waals surface area (Å²) in [7, 11) is 2.03. The van der Waals surface area contributed by atoms with Gasteiger partial charge in [0.05, 0.1) is 11.6 Å². The highest BCUT2D eigenvalue weighted by molar-refractivity contribution is 6.36. The highest BCUT2D eigenvalue weighted by Gasteiger charge is 2.32. The maximum atomic E-state index is 14.1. The molecule has 0 radical (unpaired) electrons. The predicted molar refractivity (Wildman–Crippen MR) is 156 cm³/mol. The number of nitrogens with zero attached hydrogens (tertiary/aromatic N) is 5. The molecule has 1 atom stereocenters. The SMILES string of the molecule is Bc1cnn2c(NCc3cccnc3)cc(C3CCCN(C(=O)C(c4ccccc4)c4ccccc4)C3)nc12. The number of hydrogen-bond donors (Lipinski definition) is 1. The van der Waals surface area contributed by atoms with Crippen LogP contribution in [0.4, 0.5) is 5.82 Å². The maximum Gasteiger partial charge on any atom is 0.234 e. The van der Waals surface area contributed by atoms with Gasteiger partial charge in [-0.15, -0.1) is 0 Å². The Labute approximate surface area is 229 Å². The Balaban J connectivity index is 1.28. The van der Waals surface area contributed by atoms with Gasteiger partial charge in [-0.25, -0.2) is 4.98 Å². The average molecular weight is 514 g/mol. The number of benzene rings is 2. The van der Waals surface area contributed by atoms with Gasteiger partial charge in [-0.2, -0.15) is 9.61 Å². The van der Waals surface area contributed by atoms with Crippen molar-refractivity contribution in [1.29, 1.82) is 0 Å². The number of carbonyl (C=O) groups is 1. The van der Waals surface area contributed by atoms with Crippen LogP contribution >= 0.6 is 0 Å². The van der Waals surface area contributed by atoms with E-state index < -0.39 is 0 Å². The first kappa shape index (κ1) is 24.9. The number of hydrogen-bond acceptors (Lipinski definition) is 5. The molecule has 1 unspecified atom stereocenters. The van der Waals surface area contributed by atoms with Crippen LogP contribution in [0.15, 0.2) is 97.5 Å². The lowest BCUT2D eigenvalue weighted by atomic mass is 9.88. The summed E-state index contributed by atoms with van der Waals surface area (Å²) in [6, 6.07) is 26.3. The largest absolute Gasteiger partial charge is 0.366 e. The molecule has 1 saturated heterocycles. The van der Waals surface area contributed by atoms with E-state index in [4.69, 9.17) is 4.98 Å². The van der Waals surface area contributed by atoms with E-state index in [-0.39, 0.29) is 17.7 Å². The number of amides is 1. The summed E-state index contributed by atoms with van der Waals surface area (Å²) in [6.07, 6.45) is 7.42. The Hall–Kier alpha value is -4.46. The average Bonchev–Trinajstić information content (AvgIpc) is 3.38. The van der Waals surface area contributed by atoms with Gasteiger partial charge in [0.1, 0.15) is 13.7 Å². The number of rotatable bonds is 7. The minimum absolute atomic E-state index is 0.146. The Morgan fingerprint density at radius 3 is 2.44 bits per heavy atom. The van der Waals surface area contributed by atoms with Crippen LogP contribution in [0, 0.1) is 0 Å². The standard InChI is InChI=1S/C31H31BN6O/c32-26-20-35-38-28(34-19-22-9-7-15-33-18-22)17-27(36-30(26)38)25-14-8-16-37(21-25)31(39)29(23-10-3-1-4-11-23)24-12-5-2-6-13-24/h1-7,9-13,15,17-18,20,25,29,34H,8,14,16,19,21,32H2. The highest BCUT2D eigenvalue weighted by atomic mass is 16.2. The van der Waals surface area contributed by atoms with Gasteiger partial charge in [-0.05, 0) is 41.1 Å². The van der Waals surface area contributed by atoms with Crippen molar-refractivity contribution in [3.63, 3.8) is 0 Å². The first-order valence-corrected chi connectivity index (χ1v) is 13.5. The lowest BCUT2D eigenvalue weighted by Crippen LogP contribution is -2.42. The van der Waals surface area contributed by atoms with Crippen molar-refractivity contribution in [2.75, 3.05) is 18.4 Å². The molecule has 4 heterocycles. The zero-order valence-electron chi connectivity index (χ0n) is 22.1. The fourth-order valence-corrected chi connectivity index (χ4v) is 5.49. The first-order chi connectivity index (χ1) is 19.2. The Bertz CT molecular complexity index is 1520. The molecule has 7 nitrogen and oxygen atoms in total. The molecule has 0 saturated carbocycles. The lowest BCUT2D eigenvalue weighted by molar-refractivity contribution is -0.133. The molecule has 194 valence electrons. The van der Waals surface area contributed by atoms with E-state index in [0.717, 1.165) is 58.7 Å². The molecule has 5 aromatic rings. The molecule has 1 aliphatic rings. The van der Waals surface area contributed by atoms with E-state index in [9.17, 15) is 4.79 Å². The van der Waals surface area contributed by atoms with Crippen molar-refractivity contribution in [3.8, 4) is 0 Å². The van der Waals surface area contributed by atoms with Crippen LogP contribution in [0.1, 0.15) is 47.1 Å². The molecule has 1 aliphatic heterocycles. The summed E-state index contributed by atoms with van der Waals surface area (Å²) >= 11 is 0. The zero-order chi connectivity index (χ0) is 26.6. The predicted octanol–water partition coefficient (Wildman–Crippen LogP) is 3.53. The number of pyridine rings is 1. The fraction of sp³-hybridized carbons (Fsp3) is 0.226. The molecule has 1 fully saturated rings. The number of aromatic nitrogens is 4. The molecule has 39 heavy (non-hydrogen) atoms. The third kappa shape index (κ3) is 5.28. The third-order valence-corrected chi connectivity index (χ3v) is 7.53. The maximum absolute atomic E-state index is 14.1. The second kappa shape index (κ2) is 11.1. The Morgan fingerprint density at radius 2 is 1.74 bits per heavy atom. The van der Waals surface area contributed by atoms with Crippen molar-refractivity contribution < 1.29 is 4.79 Å². The third-order valence-electron chi connectivity index (χ3n) is 7.53. The van der Waals surface area contributed by atoms with Gasteiger partial charge in [0.15, 0.2) is 5.65 Å². The summed E-state index contributed by atoms with van der Waals surface area (Å²) < 4.78 is 1.86. The van der Waals surface area contributed by atoms with Crippen LogP contribution < -0.4 is 10.8 Å². The van der Waals surface area contributed by atoms with Crippen LogP contribution in [-0.2, 0) is 11.3 Å². The van der Waals surface area contributed by atoms with E-state index in [0.29, 0.717) is 13.1 Å². The number of nitrogens with one attached hydrogen (secondary N) is 1. The van der Waals surface area contributed by atoms with Gasteiger partial charge in [0.25, 0.3) is 0 Å². The van der Waals surface area contributed by atoms with E-state index >= 15 is 0 Å². The Morgan fingerprint density at radius 1 is 1.00 bits per heavy atom. The van der Waals surface area contributed by atoms with Crippen molar-refractivity contribution in [2.24, 2.45) is 0 Å². The fourth-order valence-electron chi connectivity index (χ4n) is 5.49. The second-order valence-electron chi connectivity index (χ2n) is 10.2. The number of fused-ring (bicyclic) bond motifs is 1. The minimum atomic E-state index is -0.324. The van der Waals surface area contributed by atoms with Crippen LogP contribution in [-0.4, -0.2) is 51.3 Å². The summed E-state index contributed by atoms with van der Waals surface area (Å²) in [5.41, 5.74) is 6.00. The van der Waals surface area contributed by atoms with E-state index in [1.54, 1.807) is 6.20 Å². The molecule has 0 bridgehead atoms. The van der Waals surface area contributed by atoms with Gasteiger partial charge in [-0.1, -0.05) is 66.7 Å². The molecule has 1 amide bonds. The zero-order valence-corrected chi connectivity index (χ0v) is 22.1. The monoisotopic (exact) mass is 514 g/mol. The molecular formula is C31H31BN6O. The molecule has 0 aliphatic carbocycles. The number of carbonyl (C=O) groups excluding carboxylic acids is 1. The van der Waals surface area contributed by atoms with Crippen molar-refractivity contribution >= 4 is 30.7 Å².